The molecule has 0 aliphatic rings. The molecule has 0 radical (unpaired) electrons. The maximum atomic E-state index is 12.7. The lowest BCUT2D eigenvalue weighted by Crippen LogP contribution is -2.13. The number of amides is 1. The number of ether oxygens (including phenoxy) is 1. The fourth-order valence-electron chi connectivity index (χ4n) is 2.92. The van der Waals surface area contributed by atoms with Crippen LogP contribution in [0.3, 0.4) is 0 Å². The molecule has 0 saturated carbocycles. The second-order valence-corrected chi connectivity index (χ2v) is 9.63. The first-order valence-corrected chi connectivity index (χ1v) is 12.5. The van der Waals surface area contributed by atoms with E-state index >= 15 is 0 Å². The van der Waals surface area contributed by atoms with E-state index in [4.69, 9.17) is 32.1 Å². The van der Waals surface area contributed by atoms with E-state index in [0.29, 0.717) is 16.3 Å². The molecule has 10 heteroatoms. The van der Waals surface area contributed by atoms with Crippen molar-refractivity contribution in [1.82, 2.24) is 0 Å². The van der Waals surface area contributed by atoms with E-state index in [1.807, 2.05) is 25.1 Å². The monoisotopic (exact) mass is 530 g/mol. The first kappa shape index (κ1) is 26.1. The Morgan fingerprint density at radius 3 is 2.34 bits per heavy atom. The lowest BCUT2D eigenvalue weighted by molar-refractivity contribution is -0.112. The smallest absolute Gasteiger partial charge is 0.339 e. The summed E-state index contributed by atoms with van der Waals surface area (Å²) in [6.07, 6.45) is 1.31. The van der Waals surface area contributed by atoms with Gasteiger partial charge in [-0.3, -0.25) is 4.79 Å². The molecule has 0 atom stereocenters. The topological polar surface area (TPSA) is 105 Å². The average Bonchev–Trinajstić information content (AvgIpc) is 2.81. The maximum absolute atomic E-state index is 12.7. The van der Waals surface area contributed by atoms with Gasteiger partial charge in [0.2, 0.25) is 5.75 Å². The second-order valence-electron chi connectivity index (χ2n) is 7.24. The Labute approximate surface area is 213 Å². The van der Waals surface area contributed by atoms with E-state index in [9.17, 15) is 18.5 Å². The van der Waals surface area contributed by atoms with Crippen molar-refractivity contribution in [2.75, 3.05) is 11.9 Å². The largest absolute Gasteiger partial charge is 0.490 e. The van der Waals surface area contributed by atoms with Crippen LogP contribution in [0.4, 0.5) is 5.69 Å². The van der Waals surface area contributed by atoms with Crippen molar-refractivity contribution in [2.45, 2.75) is 18.7 Å². The van der Waals surface area contributed by atoms with Crippen molar-refractivity contribution >= 4 is 51.0 Å². The van der Waals surface area contributed by atoms with Crippen molar-refractivity contribution in [3.8, 4) is 17.6 Å². The van der Waals surface area contributed by atoms with Gasteiger partial charge in [0.1, 0.15) is 16.5 Å². The number of aryl methyl sites for hydroxylation is 1. The Hall–Kier alpha value is -3.51. The summed E-state index contributed by atoms with van der Waals surface area (Å²) in [7, 11) is -4.24. The zero-order valence-corrected chi connectivity index (χ0v) is 21.0. The highest BCUT2D eigenvalue weighted by Crippen LogP contribution is 2.39. The van der Waals surface area contributed by atoms with Gasteiger partial charge < -0.3 is 14.2 Å². The third-order valence-electron chi connectivity index (χ3n) is 4.61. The molecule has 7 nitrogen and oxygen atoms in total. The van der Waals surface area contributed by atoms with Gasteiger partial charge in [-0.2, -0.15) is 13.7 Å². The standard InChI is InChI=1S/C25H20Cl2N2O5S/c1-3-33-23-14-17(12-18(15-28)25(30)29-20-8-4-16(2)5-9-20)13-22(27)24(23)34-35(31,32)21-10-6-19(26)7-11-21/h4-14H,3H2,1-2H3,(H,29,30)/b18-12+. The molecule has 3 aromatic carbocycles. The molecule has 0 fully saturated rings. The number of nitrogens with one attached hydrogen (secondary N) is 1. The van der Waals surface area contributed by atoms with Crippen molar-refractivity contribution in [3.63, 3.8) is 0 Å². The number of hydrogen-bond acceptors (Lipinski definition) is 6. The van der Waals surface area contributed by atoms with Gasteiger partial charge in [-0.15, -0.1) is 0 Å². The molecule has 0 spiro atoms. The van der Waals surface area contributed by atoms with Gasteiger partial charge in [-0.05, 0) is 74.0 Å². The summed E-state index contributed by atoms with van der Waals surface area (Å²) in [4.78, 5) is 12.5. The SMILES string of the molecule is CCOc1cc(/C=C(\C#N)C(=O)Nc2ccc(C)cc2)cc(Cl)c1OS(=O)(=O)c1ccc(Cl)cc1. The van der Waals surface area contributed by atoms with Crippen molar-refractivity contribution in [3.05, 3.63) is 87.4 Å². The molecule has 1 N–H and O–H groups in total. The van der Waals surface area contributed by atoms with Crippen molar-refractivity contribution < 1.29 is 22.1 Å². The summed E-state index contributed by atoms with van der Waals surface area (Å²) in [5.74, 6) is -0.806. The van der Waals surface area contributed by atoms with Gasteiger partial charge in [-0.25, -0.2) is 0 Å². The van der Waals surface area contributed by atoms with E-state index < -0.39 is 16.0 Å². The number of rotatable bonds is 8. The minimum absolute atomic E-state index is 0.0278. The van der Waals surface area contributed by atoms with Crippen LogP contribution in [0.1, 0.15) is 18.1 Å². The molecule has 0 saturated heterocycles. The van der Waals surface area contributed by atoms with Crippen LogP contribution >= 0.6 is 23.2 Å². The lowest BCUT2D eigenvalue weighted by Gasteiger charge is -2.14. The van der Waals surface area contributed by atoms with Crippen LogP contribution in [-0.2, 0) is 14.9 Å². The van der Waals surface area contributed by atoms with Crippen LogP contribution in [-0.4, -0.2) is 20.9 Å². The summed E-state index contributed by atoms with van der Waals surface area (Å²) in [5, 5.41) is 12.5. The Kier molecular flexibility index (Phi) is 8.41. The Morgan fingerprint density at radius 1 is 1.09 bits per heavy atom. The molecule has 180 valence electrons. The highest BCUT2D eigenvalue weighted by Gasteiger charge is 2.23. The van der Waals surface area contributed by atoms with Crippen LogP contribution in [0.5, 0.6) is 11.5 Å². The molecule has 3 aromatic rings. The van der Waals surface area contributed by atoms with Gasteiger partial charge >= 0.3 is 10.1 Å². The Balaban J connectivity index is 1.93. The number of nitriles is 1. The third-order valence-corrected chi connectivity index (χ3v) is 6.38. The summed E-state index contributed by atoms with van der Waals surface area (Å²) >= 11 is 12.2. The molecule has 1 amide bonds. The van der Waals surface area contributed by atoms with E-state index in [2.05, 4.69) is 5.32 Å². The van der Waals surface area contributed by atoms with Gasteiger partial charge in [0, 0.05) is 10.7 Å². The maximum Gasteiger partial charge on any atom is 0.339 e. The molecule has 0 heterocycles. The van der Waals surface area contributed by atoms with Crippen LogP contribution in [0.15, 0.2) is 71.1 Å². The molecule has 35 heavy (non-hydrogen) atoms. The first-order valence-electron chi connectivity index (χ1n) is 10.3. The predicted octanol–water partition coefficient (Wildman–Crippen LogP) is 6.01. The molecular formula is C25H20Cl2N2O5S. The fraction of sp³-hybridized carbons (Fsp3) is 0.120. The number of nitrogens with zero attached hydrogens (tertiary/aromatic N) is 1. The molecule has 3 rings (SSSR count). The zero-order valence-electron chi connectivity index (χ0n) is 18.7. The summed E-state index contributed by atoms with van der Waals surface area (Å²) in [5.41, 5.74) is 1.71. The molecule has 0 unspecified atom stereocenters. The van der Waals surface area contributed by atoms with E-state index in [0.717, 1.165) is 5.56 Å². The average molecular weight is 531 g/mol. The van der Waals surface area contributed by atoms with E-state index in [-0.39, 0.29) is 33.6 Å². The highest BCUT2D eigenvalue weighted by molar-refractivity contribution is 7.87. The molecular weight excluding hydrogens is 511 g/mol. The number of anilines is 1. The van der Waals surface area contributed by atoms with Crippen molar-refractivity contribution in [1.29, 1.82) is 5.26 Å². The summed E-state index contributed by atoms with van der Waals surface area (Å²) in [6.45, 7) is 3.80. The lowest BCUT2D eigenvalue weighted by atomic mass is 10.1. The first-order chi connectivity index (χ1) is 16.6. The molecule has 0 aliphatic heterocycles. The van der Waals surface area contributed by atoms with Crippen LogP contribution in [0, 0.1) is 18.3 Å². The number of carbonyl (C=O) groups excluding carboxylic acids is 1. The van der Waals surface area contributed by atoms with E-state index in [1.54, 1.807) is 19.1 Å². The summed E-state index contributed by atoms with van der Waals surface area (Å²) < 4.78 is 36.3. The zero-order chi connectivity index (χ0) is 25.6. The number of hydrogen-bond donors (Lipinski definition) is 1. The molecule has 0 aromatic heterocycles. The van der Waals surface area contributed by atoms with Gasteiger partial charge in [0.05, 0.1) is 11.6 Å². The minimum Gasteiger partial charge on any atom is -0.490 e. The predicted molar refractivity (Wildman–Crippen MR) is 135 cm³/mol. The van der Waals surface area contributed by atoms with Gasteiger partial charge in [0.25, 0.3) is 5.91 Å². The Morgan fingerprint density at radius 2 is 1.74 bits per heavy atom. The van der Waals surface area contributed by atoms with Crippen LogP contribution in [0.2, 0.25) is 10.0 Å². The summed E-state index contributed by atoms with van der Waals surface area (Å²) in [6, 6.07) is 17.2. The van der Waals surface area contributed by atoms with Crippen molar-refractivity contribution in [2.24, 2.45) is 0 Å². The van der Waals surface area contributed by atoms with Crippen LogP contribution in [0.25, 0.3) is 6.08 Å². The van der Waals surface area contributed by atoms with Crippen LogP contribution < -0.4 is 14.2 Å². The van der Waals surface area contributed by atoms with Gasteiger partial charge in [0.15, 0.2) is 5.75 Å². The number of halogens is 2. The van der Waals surface area contributed by atoms with E-state index in [1.165, 1.54) is 42.5 Å². The number of carbonyl (C=O) groups is 1. The van der Waals surface area contributed by atoms with Gasteiger partial charge in [-0.1, -0.05) is 40.9 Å². The second kappa shape index (κ2) is 11.3. The molecule has 0 aliphatic carbocycles. The quantitative estimate of drug-likeness (QED) is 0.217. The third kappa shape index (κ3) is 6.76. The molecule has 0 bridgehead atoms. The Bertz CT molecular complexity index is 1410. The minimum atomic E-state index is -4.24. The fourth-order valence-corrected chi connectivity index (χ4v) is 4.31. The number of benzene rings is 3. The highest BCUT2D eigenvalue weighted by atomic mass is 35.5. The normalized spacial score (nSPS) is 11.5.